The van der Waals surface area contributed by atoms with E-state index >= 15 is 0 Å². The van der Waals surface area contributed by atoms with E-state index in [0.717, 1.165) is 12.8 Å². The van der Waals surface area contributed by atoms with Crippen LogP contribution < -0.4 is 5.32 Å². The molecule has 0 aliphatic carbocycles. The second-order valence-electron chi connectivity index (χ2n) is 5.25. The summed E-state index contributed by atoms with van der Waals surface area (Å²) >= 11 is 0. The van der Waals surface area contributed by atoms with Crippen molar-refractivity contribution >= 4 is 10.0 Å². The molecule has 0 radical (unpaired) electrons. The molecular formula is C14H22N4O2S. The lowest BCUT2D eigenvalue weighted by molar-refractivity contribution is 0.295. The van der Waals surface area contributed by atoms with Crippen molar-refractivity contribution in [2.45, 2.75) is 44.6 Å². The van der Waals surface area contributed by atoms with Gasteiger partial charge >= 0.3 is 0 Å². The smallest absolute Gasteiger partial charge is 0.246 e. The molecule has 0 bridgehead atoms. The van der Waals surface area contributed by atoms with Gasteiger partial charge in [0.1, 0.15) is 4.90 Å². The standard InChI is InChI=1S/C14H22N4O2S/c1-4-5-8-15-13-6-9-18(10-7-13)21(19,20)14-11(2)16-17-12(14)3/h13,15H,6-10H2,1-3H3,(H,16,17). The zero-order chi connectivity index (χ0) is 15.5. The summed E-state index contributed by atoms with van der Waals surface area (Å²) in [6.45, 7) is 6.99. The van der Waals surface area contributed by atoms with E-state index in [1.165, 1.54) is 0 Å². The van der Waals surface area contributed by atoms with E-state index in [9.17, 15) is 8.42 Å². The van der Waals surface area contributed by atoms with Crippen molar-refractivity contribution in [2.75, 3.05) is 19.6 Å². The molecule has 1 aromatic rings. The Hall–Kier alpha value is -1.36. The van der Waals surface area contributed by atoms with E-state index in [4.69, 9.17) is 0 Å². The molecule has 1 fully saturated rings. The molecule has 6 nitrogen and oxygen atoms in total. The molecule has 1 aliphatic heterocycles. The third-order valence-electron chi connectivity index (χ3n) is 3.77. The molecule has 0 spiro atoms. The average Bonchev–Trinajstić information content (AvgIpc) is 2.79. The Balaban J connectivity index is 2.03. The van der Waals surface area contributed by atoms with Crippen molar-refractivity contribution < 1.29 is 8.42 Å². The van der Waals surface area contributed by atoms with Crippen molar-refractivity contribution in [1.29, 1.82) is 0 Å². The Morgan fingerprint density at radius 1 is 1.38 bits per heavy atom. The maximum absolute atomic E-state index is 12.7. The van der Waals surface area contributed by atoms with E-state index < -0.39 is 10.0 Å². The Labute approximate surface area is 126 Å². The van der Waals surface area contributed by atoms with Gasteiger partial charge in [-0.2, -0.15) is 9.40 Å². The lowest BCUT2D eigenvalue weighted by Crippen LogP contribution is -2.45. The van der Waals surface area contributed by atoms with E-state index in [0.29, 0.717) is 42.0 Å². The van der Waals surface area contributed by atoms with Crippen LogP contribution in [-0.4, -0.2) is 48.6 Å². The van der Waals surface area contributed by atoms with E-state index in [2.05, 4.69) is 27.4 Å². The van der Waals surface area contributed by atoms with Crippen LogP contribution >= 0.6 is 0 Å². The fourth-order valence-corrected chi connectivity index (χ4v) is 4.44. The van der Waals surface area contributed by atoms with Gasteiger partial charge in [-0.3, -0.25) is 5.10 Å². The monoisotopic (exact) mass is 310 g/mol. The van der Waals surface area contributed by atoms with Crippen LogP contribution in [0.25, 0.3) is 0 Å². The van der Waals surface area contributed by atoms with Gasteiger partial charge in [0, 0.05) is 19.1 Å². The fourth-order valence-electron chi connectivity index (χ4n) is 2.63. The molecule has 2 heterocycles. The number of H-pyrrole nitrogens is 1. The van der Waals surface area contributed by atoms with Crippen LogP contribution in [0.4, 0.5) is 0 Å². The highest BCUT2D eigenvalue weighted by Gasteiger charge is 2.32. The summed E-state index contributed by atoms with van der Waals surface area (Å²) in [5.74, 6) is 5.81. The first kappa shape index (κ1) is 16.0. The molecule has 0 unspecified atom stereocenters. The molecule has 21 heavy (non-hydrogen) atoms. The van der Waals surface area contributed by atoms with Crippen LogP contribution in [0.15, 0.2) is 4.90 Å². The van der Waals surface area contributed by atoms with Crippen LogP contribution in [0.1, 0.15) is 31.2 Å². The van der Waals surface area contributed by atoms with Crippen LogP contribution in [0.3, 0.4) is 0 Å². The van der Waals surface area contributed by atoms with E-state index in [-0.39, 0.29) is 0 Å². The third kappa shape index (κ3) is 3.46. The number of nitrogens with one attached hydrogen (secondary N) is 2. The molecule has 0 atom stereocenters. The first-order chi connectivity index (χ1) is 9.96. The van der Waals surface area contributed by atoms with E-state index in [1.807, 2.05) is 6.92 Å². The minimum atomic E-state index is -3.44. The Morgan fingerprint density at radius 3 is 2.57 bits per heavy atom. The molecule has 116 valence electrons. The van der Waals surface area contributed by atoms with Crippen molar-refractivity contribution in [2.24, 2.45) is 0 Å². The largest absolute Gasteiger partial charge is 0.303 e. The quantitative estimate of drug-likeness (QED) is 0.806. The zero-order valence-corrected chi connectivity index (χ0v) is 13.5. The van der Waals surface area contributed by atoms with Crippen molar-refractivity contribution in [3.63, 3.8) is 0 Å². The van der Waals surface area contributed by atoms with Crippen LogP contribution in [0.2, 0.25) is 0 Å². The van der Waals surface area contributed by atoms with Crippen molar-refractivity contribution in [3.05, 3.63) is 11.4 Å². The lowest BCUT2D eigenvalue weighted by Gasteiger charge is -2.31. The number of aromatic nitrogens is 2. The molecular weight excluding hydrogens is 288 g/mol. The van der Waals surface area contributed by atoms with E-state index in [1.54, 1.807) is 18.2 Å². The fraction of sp³-hybridized carbons (Fsp3) is 0.643. The summed E-state index contributed by atoms with van der Waals surface area (Å²) in [5.41, 5.74) is 1.14. The number of piperidine rings is 1. The second kappa shape index (κ2) is 6.60. The van der Waals surface area contributed by atoms with Crippen molar-refractivity contribution in [1.82, 2.24) is 19.8 Å². The summed E-state index contributed by atoms with van der Waals surface area (Å²) in [6.07, 6.45) is 1.61. The summed E-state index contributed by atoms with van der Waals surface area (Å²) in [7, 11) is -3.44. The number of aromatic amines is 1. The summed E-state index contributed by atoms with van der Waals surface area (Å²) in [5, 5.41) is 10.1. The third-order valence-corrected chi connectivity index (χ3v) is 5.93. The van der Waals surface area contributed by atoms with Gasteiger partial charge in [0.25, 0.3) is 0 Å². The number of aryl methyl sites for hydroxylation is 2. The molecule has 1 aliphatic rings. The predicted octanol–water partition coefficient (Wildman–Crippen LogP) is 0.793. The van der Waals surface area contributed by atoms with Gasteiger partial charge in [0.05, 0.1) is 17.9 Å². The molecule has 0 amide bonds. The van der Waals surface area contributed by atoms with Crippen LogP contribution in [0, 0.1) is 25.7 Å². The van der Waals surface area contributed by atoms with Crippen LogP contribution in [-0.2, 0) is 10.0 Å². The highest BCUT2D eigenvalue weighted by atomic mass is 32.2. The highest BCUT2D eigenvalue weighted by Crippen LogP contribution is 2.24. The van der Waals surface area contributed by atoms with Crippen molar-refractivity contribution in [3.8, 4) is 11.8 Å². The number of rotatable bonds is 4. The van der Waals surface area contributed by atoms with Gasteiger partial charge in [0.15, 0.2) is 0 Å². The minimum absolute atomic E-state index is 0.325. The minimum Gasteiger partial charge on any atom is -0.303 e. The Bertz CT molecular complexity index is 627. The molecule has 1 saturated heterocycles. The molecule has 2 N–H and O–H groups in total. The lowest BCUT2D eigenvalue weighted by atomic mass is 10.1. The Kier molecular flexibility index (Phi) is 5.04. The molecule has 7 heteroatoms. The van der Waals surface area contributed by atoms with Gasteiger partial charge in [0.2, 0.25) is 10.0 Å². The molecule has 2 rings (SSSR count). The first-order valence-corrected chi connectivity index (χ1v) is 8.55. The van der Waals surface area contributed by atoms with Gasteiger partial charge < -0.3 is 5.32 Å². The summed E-state index contributed by atoms with van der Waals surface area (Å²) in [6, 6.07) is 0.337. The summed E-state index contributed by atoms with van der Waals surface area (Å²) in [4.78, 5) is 0.325. The van der Waals surface area contributed by atoms with Gasteiger partial charge in [-0.25, -0.2) is 8.42 Å². The number of nitrogens with zero attached hydrogens (tertiary/aromatic N) is 2. The SMILES string of the molecule is CC#CCNC1CCN(S(=O)(=O)c2c(C)n[nH]c2C)CC1. The predicted molar refractivity (Wildman–Crippen MR) is 81.3 cm³/mol. The second-order valence-corrected chi connectivity index (χ2v) is 7.12. The Morgan fingerprint density at radius 2 is 2.05 bits per heavy atom. The first-order valence-electron chi connectivity index (χ1n) is 7.11. The normalized spacial score (nSPS) is 17.5. The summed E-state index contributed by atoms with van der Waals surface area (Å²) < 4.78 is 26.9. The average molecular weight is 310 g/mol. The maximum atomic E-state index is 12.7. The number of hydrogen-bond acceptors (Lipinski definition) is 4. The zero-order valence-electron chi connectivity index (χ0n) is 12.7. The van der Waals surface area contributed by atoms with Gasteiger partial charge in [-0.1, -0.05) is 5.92 Å². The van der Waals surface area contributed by atoms with Gasteiger partial charge in [-0.05, 0) is 33.6 Å². The van der Waals surface area contributed by atoms with Gasteiger partial charge in [-0.15, -0.1) is 5.92 Å². The number of sulfonamides is 1. The molecule has 1 aromatic heterocycles. The maximum Gasteiger partial charge on any atom is 0.246 e. The number of hydrogen-bond donors (Lipinski definition) is 2. The topological polar surface area (TPSA) is 78.1 Å². The molecule has 0 saturated carbocycles. The molecule has 0 aromatic carbocycles. The van der Waals surface area contributed by atoms with Crippen LogP contribution in [0.5, 0.6) is 0 Å². The highest BCUT2D eigenvalue weighted by molar-refractivity contribution is 7.89.